The predicted octanol–water partition coefficient (Wildman–Crippen LogP) is 1.44. The Balaban J connectivity index is 2.00. The molecule has 0 aromatic carbocycles. The first-order valence-corrected chi connectivity index (χ1v) is 6.69. The van der Waals surface area contributed by atoms with Gasteiger partial charge < -0.3 is 15.1 Å². The number of nitrogens with one attached hydrogen (secondary N) is 1. The highest BCUT2D eigenvalue weighted by Gasteiger charge is 2.22. The number of hydrogen-bond donors (Lipinski definition) is 1. The maximum atomic E-state index is 4.36. The predicted molar refractivity (Wildman–Crippen MR) is 75.1 cm³/mol. The van der Waals surface area contributed by atoms with Crippen molar-refractivity contribution >= 4 is 11.6 Å². The molecular weight excluding hydrogens is 226 g/mol. The van der Waals surface area contributed by atoms with E-state index in [1.165, 1.54) is 25.9 Å². The van der Waals surface area contributed by atoms with E-state index in [9.17, 15) is 0 Å². The molecule has 5 nitrogen and oxygen atoms in total. The Morgan fingerprint density at radius 3 is 2.72 bits per heavy atom. The molecule has 18 heavy (non-hydrogen) atoms. The molecular formula is C13H23N5. The molecule has 0 radical (unpaired) electrons. The van der Waals surface area contributed by atoms with E-state index in [4.69, 9.17) is 0 Å². The molecule has 0 amide bonds. The Hall–Kier alpha value is -1.36. The molecule has 1 aliphatic rings. The Bertz CT molecular complexity index is 373. The smallest absolute Gasteiger partial charge is 0.134 e. The monoisotopic (exact) mass is 249 g/mol. The maximum Gasteiger partial charge on any atom is 0.134 e. The van der Waals surface area contributed by atoms with Crippen LogP contribution < -0.4 is 10.2 Å². The van der Waals surface area contributed by atoms with Gasteiger partial charge in [-0.2, -0.15) is 0 Å². The third-order valence-electron chi connectivity index (χ3n) is 3.82. The van der Waals surface area contributed by atoms with Crippen molar-refractivity contribution in [3.8, 4) is 0 Å². The van der Waals surface area contributed by atoms with E-state index in [1.54, 1.807) is 6.33 Å². The average molecular weight is 249 g/mol. The molecule has 1 aromatic rings. The quantitative estimate of drug-likeness (QED) is 0.874. The molecule has 2 heterocycles. The van der Waals surface area contributed by atoms with E-state index in [0.717, 1.165) is 18.2 Å². The summed E-state index contributed by atoms with van der Waals surface area (Å²) >= 11 is 0. The fourth-order valence-corrected chi connectivity index (χ4v) is 2.49. The van der Waals surface area contributed by atoms with E-state index in [2.05, 4.69) is 39.1 Å². The van der Waals surface area contributed by atoms with Gasteiger partial charge in [-0.05, 0) is 19.4 Å². The van der Waals surface area contributed by atoms with Crippen LogP contribution in [-0.2, 0) is 0 Å². The van der Waals surface area contributed by atoms with Gasteiger partial charge >= 0.3 is 0 Å². The fraction of sp³-hybridized carbons (Fsp3) is 0.692. The summed E-state index contributed by atoms with van der Waals surface area (Å²) in [6, 6.07) is 2.60. The normalized spacial score (nSPS) is 17.7. The largest absolute Gasteiger partial charge is 0.373 e. The minimum Gasteiger partial charge on any atom is -0.373 e. The zero-order chi connectivity index (χ0) is 13.0. The van der Waals surface area contributed by atoms with Crippen LogP contribution in [0.3, 0.4) is 0 Å². The first-order chi connectivity index (χ1) is 8.74. The number of anilines is 2. The first-order valence-electron chi connectivity index (χ1n) is 6.69. The Kier molecular flexibility index (Phi) is 4.36. The van der Waals surface area contributed by atoms with E-state index >= 15 is 0 Å². The van der Waals surface area contributed by atoms with Crippen molar-refractivity contribution in [2.75, 3.05) is 43.9 Å². The van der Waals surface area contributed by atoms with Gasteiger partial charge in [-0.15, -0.1) is 0 Å². The highest BCUT2D eigenvalue weighted by Crippen LogP contribution is 2.21. The van der Waals surface area contributed by atoms with Gasteiger partial charge in [-0.25, -0.2) is 9.97 Å². The lowest BCUT2D eigenvalue weighted by atomic mass is 10.0. The zero-order valence-electron chi connectivity index (χ0n) is 11.6. The van der Waals surface area contributed by atoms with Crippen LogP contribution >= 0.6 is 0 Å². The average Bonchev–Trinajstić information content (AvgIpc) is 2.46. The van der Waals surface area contributed by atoms with Crippen LogP contribution in [0.5, 0.6) is 0 Å². The van der Waals surface area contributed by atoms with Gasteiger partial charge in [0.15, 0.2) is 0 Å². The minimum atomic E-state index is 0.590. The van der Waals surface area contributed by atoms with Crippen LogP contribution in [0, 0.1) is 0 Å². The van der Waals surface area contributed by atoms with Gasteiger partial charge in [0.1, 0.15) is 18.0 Å². The number of piperidine rings is 1. The van der Waals surface area contributed by atoms with Crippen LogP contribution in [-0.4, -0.2) is 54.6 Å². The number of likely N-dealkylation sites (tertiary alicyclic amines) is 1. The number of hydrogen-bond acceptors (Lipinski definition) is 5. The highest BCUT2D eigenvalue weighted by molar-refractivity contribution is 5.48. The molecule has 2 rings (SSSR count). The molecule has 100 valence electrons. The fourth-order valence-electron chi connectivity index (χ4n) is 2.49. The molecule has 0 unspecified atom stereocenters. The molecule has 1 aromatic heterocycles. The Morgan fingerprint density at radius 2 is 2.11 bits per heavy atom. The summed E-state index contributed by atoms with van der Waals surface area (Å²) < 4.78 is 0. The van der Waals surface area contributed by atoms with Crippen LogP contribution in [0.1, 0.15) is 19.8 Å². The molecule has 0 aliphatic carbocycles. The van der Waals surface area contributed by atoms with Crippen molar-refractivity contribution in [1.29, 1.82) is 0 Å². The molecule has 0 atom stereocenters. The van der Waals surface area contributed by atoms with Crippen molar-refractivity contribution in [2.24, 2.45) is 0 Å². The lowest BCUT2D eigenvalue weighted by Crippen LogP contribution is -2.43. The topological polar surface area (TPSA) is 44.3 Å². The molecule has 0 saturated carbocycles. The van der Waals surface area contributed by atoms with Gasteiger partial charge in [-0.1, -0.05) is 6.92 Å². The van der Waals surface area contributed by atoms with E-state index in [0.29, 0.717) is 6.04 Å². The molecule has 0 spiro atoms. The maximum absolute atomic E-state index is 4.36. The Morgan fingerprint density at radius 1 is 1.39 bits per heavy atom. The third-order valence-corrected chi connectivity index (χ3v) is 3.82. The van der Waals surface area contributed by atoms with Crippen LogP contribution in [0.2, 0.25) is 0 Å². The van der Waals surface area contributed by atoms with Crippen LogP contribution in [0.4, 0.5) is 11.6 Å². The van der Waals surface area contributed by atoms with Gasteiger partial charge in [-0.3, -0.25) is 0 Å². The number of aromatic nitrogens is 2. The van der Waals surface area contributed by atoms with Crippen molar-refractivity contribution in [2.45, 2.75) is 25.8 Å². The summed E-state index contributed by atoms with van der Waals surface area (Å²) in [7, 11) is 4.01. The number of rotatable bonds is 4. The van der Waals surface area contributed by atoms with Gasteiger partial charge in [0.2, 0.25) is 0 Å². The summed E-state index contributed by atoms with van der Waals surface area (Å²) in [6.45, 7) is 5.77. The van der Waals surface area contributed by atoms with E-state index < -0.39 is 0 Å². The summed E-state index contributed by atoms with van der Waals surface area (Å²) in [5.41, 5.74) is 0. The second kappa shape index (κ2) is 6.00. The van der Waals surface area contributed by atoms with E-state index in [1.807, 2.05) is 13.1 Å². The standard InChI is InChI=1S/C13H23N5/c1-4-18-7-5-11(6-8-18)17(3)13-9-12(14-2)15-10-16-13/h9-11H,4-8H2,1-3H3,(H,14,15,16). The highest BCUT2D eigenvalue weighted by atomic mass is 15.2. The summed E-state index contributed by atoms with van der Waals surface area (Å²) in [5, 5.41) is 3.06. The van der Waals surface area contributed by atoms with Crippen LogP contribution in [0.15, 0.2) is 12.4 Å². The molecule has 1 N–H and O–H groups in total. The molecule has 1 aliphatic heterocycles. The minimum absolute atomic E-state index is 0.590. The summed E-state index contributed by atoms with van der Waals surface area (Å²) in [4.78, 5) is 13.3. The van der Waals surface area contributed by atoms with Gasteiger partial charge in [0, 0.05) is 39.3 Å². The lowest BCUT2D eigenvalue weighted by Gasteiger charge is -2.36. The van der Waals surface area contributed by atoms with Crippen molar-refractivity contribution in [3.63, 3.8) is 0 Å². The second-order valence-electron chi connectivity index (χ2n) is 4.79. The Labute approximate surface area is 109 Å². The van der Waals surface area contributed by atoms with Crippen molar-refractivity contribution in [3.05, 3.63) is 12.4 Å². The SMILES string of the molecule is CCN1CCC(N(C)c2cc(NC)ncn2)CC1. The lowest BCUT2D eigenvalue weighted by molar-refractivity contribution is 0.220. The zero-order valence-corrected chi connectivity index (χ0v) is 11.6. The number of nitrogens with zero attached hydrogens (tertiary/aromatic N) is 4. The first kappa shape index (κ1) is 13.1. The van der Waals surface area contributed by atoms with Gasteiger partial charge in [0.25, 0.3) is 0 Å². The summed E-state index contributed by atoms with van der Waals surface area (Å²) in [6.07, 6.45) is 4.05. The molecule has 0 bridgehead atoms. The third kappa shape index (κ3) is 2.90. The van der Waals surface area contributed by atoms with Gasteiger partial charge in [0.05, 0.1) is 0 Å². The van der Waals surface area contributed by atoms with E-state index in [-0.39, 0.29) is 0 Å². The molecule has 5 heteroatoms. The molecule has 1 saturated heterocycles. The molecule has 1 fully saturated rings. The summed E-state index contributed by atoms with van der Waals surface area (Å²) in [5.74, 6) is 1.88. The van der Waals surface area contributed by atoms with Crippen molar-refractivity contribution in [1.82, 2.24) is 14.9 Å². The van der Waals surface area contributed by atoms with Crippen molar-refractivity contribution < 1.29 is 0 Å². The second-order valence-corrected chi connectivity index (χ2v) is 4.79. The van der Waals surface area contributed by atoms with Crippen LogP contribution in [0.25, 0.3) is 0 Å².